The van der Waals surface area contributed by atoms with Gasteiger partial charge in [-0.3, -0.25) is 9.59 Å². The summed E-state index contributed by atoms with van der Waals surface area (Å²) in [6, 6.07) is 10.5. The number of nitrogens with one attached hydrogen (secondary N) is 3. The molecule has 4 heterocycles. The van der Waals surface area contributed by atoms with E-state index in [1.807, 2.05) is 47.4 Å². The van der Waals surface area contributed by atoms with E-state index < -0.39 is 0 Å². The molecule has 1 aliphatic heterocycles. The van der Waals surface area contributed by atoms with Crippen LogP contribution in [-0.2, 0) is 20.8 Å². The summed E-state index contributed by atoms with van der Waals surface area (Å²) in [5, 5.41) is 10.3. The number of aromatic nitrogens is 3. The van der Waals surface area contributed by atoms with Gasteiger partial charge in [-0.1, -0.05) is 0 Å². The Morgan fingerprint density at radius 2 is 1.48 bits per heavy atom. The van der Waals surface area contributed by atoms with Crippen LogP contribution in [0.2, 0.25) is 0 Å². The van der Waals surface area contributed by atoms with E-state index in [9.17, 15) is 9.59 Å². The van der Waals surface area contributed by atoms with Crippen LogP contribution in [0.1, 0.15) is 122 Å². The highest BCUT2D eigenvalue weighted by Crippen LogP contribution is 2.39. The zero-order chi connectivity index (χ0) is 38.5. The van der Waals surface area contributed by atoms with E-state index in [4.69, 9.17) is 19.2 Å². The van der Waals surface area contributed by atoms with E-state index >= 15 is 0 Å². The highest BCUT2D eigenvalue weighted by molar-refractivity contribution is 5.55. The van der Waals surface area contributed by atoms with Gasteiger partial charge < -0.3 is 44.2 Å². The van der Waals surface area contributed by atoms with Crippen molar-refractivity contribution in [1.29, 1.82) is 0 Å². The van der Waals surface area contributed by atoms with Crippen molar-refractivity contribution in [2.75, 3.05) is 41.6 Å². The van der Waals surface area contributed by atoms with Gasteiger partial charge >= 0.3 is 0 Å². The van der Waals surface area contributed by atoms with Gasteiger partial charge in [0.2, 0.25) is 0 Å². The SMILES string of the molecule is COC1CCC(n2cc(C3C[C@H](OC)CN3c3cc(CO[C@H]4CCC[C@H]4n4cccc(NC(C)C)c4=O)cc(NC(C)C)n3)cc(NC(C)C)c2=O)CC1. The second kappa shape index (κ2) is 17.7. The molecule has 0 bridgehead atoms. The molecule has 0 aromatic carbocycles. The summed E-state index contributed by atoms with van der Waals surface area (Å²) in [5.74, 6) is 1.63. The summed E-state index contributed by atoms with van der Waals surface area (Å²) < 4.78 is 22.2. The minimum absolute atomic E-state index is 0.00394. The third kappa shape index (κ3) is 9.32. The smallest absolute Gasteiger partial charge is 0.274 e. The molecule has 0 radical (unpaired) electrons. The molecular formula is C42H63N7O5. The van der Waals surface area contributed by atoms with Gasteiger partial charge in [0.1, 0.15) is 23.0 Å². The second-order valence-corrected chi connectivity index (χ2v) is 16.4. The van der Waals surface area contributed by atoms with E-state index in [-0.39, 0.29) is 65.7 Å². The Kier molecular flexibility index (Phi) is 13.1. The molecule has 3 aromatic rings. The standard InChI is InChI=1S/C42H63N7O5/c1-26(2)43-34-11-10-18-47(41(34)50)36-12-9-13-38(36)54-25-29-19-39(45-28(5)6)46-40(20-29)49-24-33(53-8)22-37(49)30-21-35(44-27(3)4)42(51)48(23-30)31-14-16-32(52-7)17-15-31/h10-11,18-21,23,26-28,31-33,36-38,43-44H,9,12-17,22,24-25H2,1-8H3,(H,45,46)/t31?,32?,33-,36+,37?,38-/m0/s1. The Morgan fingerprint density at radius 3 is 2.17 bits per heavy atom. The average Bonchev–Trinajstić information content (AvgIpc) is 3.79. The van der Waals surface area contributed by atoms with E-state index in [1.54, 1.807) is 14.2 Å². The number of anilines is 4. The first kappa shape index (κ1) is 39.8. The molecule has 0 spiro atoms. The van der Waals surface area contributed by atoms with Gasteiger partial charge in [-0.25, -0.2) is 4.98 Å². The van der Waals surface area contributed by atoms with E-state index in [0.717, 1.165) is 74.1 Å². The Balaban J connectivity index is 1.31. The monoisotopic (exact) mass is 745 g/mol. The average molecular weight is 746 g/mol. The van der Waals surface area contributed by atoms with Crippen LogP contribution in [0.15, 0.2) is 52.3 Å². The normalized spacial score (nSPS) is 24.5. The summed E-state index contributed by atoms with van der Waals surface area (Å²) in [6.07, 6.45) is 11.4. The lowest BCUT2D eigenvalue weighted by Crippen LogP contribution is -2.33. The zero-order valence-electron chi connectivity index (χ0n) is 33.6. The molecule has 2 aliphatic carbocycles. The predicted molar refractivity (Wildman–Crippen MR) is 217 cm³/mol. The summed E-state index contributed by atoms with van der Waals surface area (Å²) >= 11 is 0. The van der Waals surface area contributed by atoms with Crippen LogP contribution in [0, 0.1) is 0 Å². The number of pyridine rings is 3. The maximum Gasteiger partial charge on any atom is 0.274 e. The van der Waals surface area contributed by atoms with Gasteiger partial charge in [0.05, 0.1) is 37.0 Å². The molecule has 3 fully saturated rings. The van der Waals surface area contributed by atoms with Gasteiger partial charge in [0.25, 0.3) is 11.1 Å². The fraction of sp³-hybridized carbons (Fsp3) is 0.643. The Hall–Kier alpha value is -3.87. The Bertz CT molecular complexity index is 1820. The van der Waals surface area contributed by atoms with Gasteiger partial charge in [-0.2, -0.15) is 0 Å². The number of hydrogen-bond acceptors (Lipinski definition) is 10. The largest absolute Gasteiger partial charge is 0.381 e. The molecule has 2 saturated carbocycles. The van der Waals surface area contributed by atoms with Crippen LogP contribution in [0.5, 0.6) is 0 Å². The van der Waals surface area contributed by atoms with Crippen molar-refractivity contribution in [2.45, 2.75) is 154 Å². The molecule has 1 saturated heterocycles. The molecule has 3 N–H and O–H groups in total. The molecular weight excluding hydrogens is 683 g/mol. The highest BCUT2D eigenvalue weighted by atomic mass is 16.5. The van der Waals surface area contributed by atoms with Crippen LogP contribution in [0.4, 0.5) is 23.0 Å². The predicted octanol–water partition coefficient (Wildman–Crippen LogP) is 7.27. The number of methoxy groups -OCH3 is 2. The van der Waals surface area contributed by atoms with Crippen LogP contribution in [0.3, 0.4) is 0 Å². The fourth-order valence-corrected chi connectivity index (χ4v) is 8.57. The van der Waals surface area contributed by atoms with Crippen molar-refractivity contribution in [3.8, 4) is 0 Å². The van der Waals surface area contributed by atoms with E-state index in [1.165, 1.54) is 0 Å². The number of ether oxygens (including phenoxy) is 3. The van der Waals surface area contributed by atoms with Crippen LogP contribution >= 0.6 is 0 Å². The maximum absolute atomic E-state index is 13.9. The molecule has 296 valence electrons. The van der Waals surface area contributed by atoms with Crippen molar-refractivity contribution in [2.24, 2.45) is 0 Å². The minimum Gasteiger partial charge on any atom is -0.381 e. The quantitative estimate of drug-likeness (QED) is 0.146. The third-order valence-corrected chi connectivity index (χ3v) is 11.1. The fourth-order valence-electron chi connectivity index (χ4n) is 8.57. The Morgan fingerprint density at radius 1 is 0.796 bits per heavy atom. The number of nitrogens with zero attached hydrogens (tertiary/aromatic N) is 4. The molecule has 12 heteroatoms. The molecule has 54 heavy (non-hydrogen) atoms. The van der Waals surface area contributed by atoms with E-state index in [0.29, 0.717) is 24.5 Å². The van der Waals surface area contributed by atoms with Gasteiger partial charge in [-0.15, -0.1) is 0 Å². The first-order chi connectivity index (χ1) is 25.9. The first-order valence-corrected chi connectivity index (χ1v) is 20.2. The molecule has 6 rings (SSSR count). The summed E-state index contributed by atoms with van der Waals surface area (Å²) in [7, 11) is 3.55. The lowest BCUT2D eigenvalue weighted by molar-refractivity contribution is 0.0187. The minimum atomic E-state index is -0.0839. The highest BCUT2D eigenvalue weighted by Gasteiger charge is 2.36. The molecule has 12 nitrogen and oxygen atoms in total. The topological polar surface area (TPSA) is 124 Å². The van der Waals surface area contributed by atoms with E-state index in [2.05, 4.69) is 66.9 Å². The molecule has 0 amide bonds. The molecule has 1 unspecified atom stereocenters. The van der Waals surface area contributed by atoms with Crippen molar-refractivity contribution < 1.29 is 14.2 Å². The van der Waals surface area contributed by atoms with Crippen molar-refractivity contribution in [3.63, 3.8) is 0 Å². The van der Waals surface area contributed by atoms with Gasteiger partial charge in [0.15, 0.2) is 0 Å². The Labute approximate surface area is 321 Å². The third-order valence-electron chi connectivity index (χ3n) is 11.1. The van der Waals surface area contributed by atoms with Gasteiger partial charge in [-0.05, 0) is 134 Å². The van der Waals surface area contributed by atoms with Crippen LogP contribution < -0.4 is 32.0 Å². The van der Waals surface area contributed by atoms with Crippen molar-refractivity contribution >= 4 is 23.0 Å². The van der Waals surface area contributed by atoms with Crippen LogP contribution in [0.25, 0.3) is 0 Å². The first-order valence-electron chi connectivity index (χ1n) is 20.2. The molecule has 4 atom stereocenters. The molecule has 3 aliphatic rings. The van der Waals surface area contributed by atoms with Gasteiger partial charge in [0, 0.05) is 57.3 Å². The summed E-state index contributed by atoms with van der Waals surface area (Å²) in [5.41, 5.74) is 3.36. The summed E-state index contributed by atoms with van der Waals surface area (Å²) in [4.78, 5) is 34.9. The van der Waals surface area contributed by atoms with Crippen LogP contribution in [-0.4, -0.2) is 71.3 Å². The summed E-state index contributed by atoms with van der Waals surface area (Å²) in [6.45, 7) is 13.5. The lowest BCUT2D eigenvalue weighted by Gasteiger charge is -2.32. The van der Waals surface area contributed by atoms with Crippen molar-refractivity contribution in [1.82, 2.24) is 14.1 Å². The molecule has 3 aromatic heterocycles. The lowest BCUT2D eigenvalue weighted by atomic mass is 9.92. The van der Waals surface area contributed by atoms with Crippen molar-refractivity contribution in [3.05, 3.63) is 74.6 Å². The second-order valence-electron chi connectivity index (χ2n) is 16.4. The number of rotatable bonds is 15. The zero-order valence-corrected chi connectivity index (χ0v) is 33.6. The number of hydrogen-bond donors (Lipinski definition) is 3. The maximum atomic E-state index is 13.9.